The van der Waals surface area contributed by atoms with Crippen molar-refractivity contribution in [1.82, 2.24) is 0 Å². The van der Waals surface area contributed by atoms with Gasteiger partial charge in [-0.1, -0.05) is 125 Å². The lowest BCUT2D eigenvalue weighted by molar-refractivity contribution is -0.0443. The Kier molecular flexibility index (Phi) is 7.06. The van der Waals surface area contributed by atoms with Gasteiger partial charge in [-0.05, 0) is 166 Å². The minimum Gasteiger partial charge on any atom is -0.456 e. The Morgan fingerprint density at radius 3 is 1.73 bits per heavy atom. The number of rotatable bonds is 4. The molecule has 6 aliphatic rings. The number of furan rings is 1. The lowest BCUT2D eigenvalue weighted by Gasteiger charge is -2.64. The molecule has 1 aromatic heterocycles. The molecule has 0 unspecified atom stereocenters. The molecule has 0 N–H and O–H groups in total. The van der Waals surface area contributed by atoms with Gasteiger partial charge in [-0.3, -0.25) is 0 Å². The van der Waals surface area contributed by atoms with Crippen molar-refractivity contribution < 1.29 is 4.42 Å². The molecule has 0 aliphatic heterocycles. The molecule has 14 rings (SSSR count). The van der Waals surface area contributed by atoms with E-state index in [1.165, 1.54) is 82.4 Å². The summed E-state index contributed by atoms with van der Waals surface area (Å²) in [4.78, 5) is 2.53. The zero-order valence-electron chi connectivity index (χ0n) is 35.1. The fourth-order valence-electron chi connectivity index (χ4n) is 14.0. The summed E-state index contributed by atoms with van der Waals surface area (Å²) in [5, 5.41) is 2.32. The first-order valence-electron chi connectivity index (χ1n) is 22.5. The van der Waals surface area contributed by atoms with Crippen LogP contribution in [0.3, 0.4) is 0 Å². The number of nitrogens with zero attached hydrogens (tertiary/aromatic N) is 1. The van der Waals surface area contributed by atoms with Crippen LogP contribution in [0, 0.1) is 23.7 Å². The van der Waals surface area contributed by atoms with E-state index in [1.807, 2.05) is 6.07 Å². The second-order valence-corrected chi connectivity index (χ2v) is 20.2. The van der Waals surface area contributed by atoms with Gasteiger partial charge in [-0.15, -0.1) is 0 Å². The summed E-state index contributed by atoms with van der Waals surface area (Å²) in [6.07, 6.45) is 7.01. The molecule has 8 aromatic rings. The maximum Gasteiger partial charge on any atom is 0.136 e. The molecule has 60 heavy (non-hydrogen) atoms. The highest BCUT2D eigenvalue weighted by atomic mass is 16.3. The van der Waals surface area contributed by atoms with Crippen molar-refractivity contribution in [2.24, 2.45) is 23.7 Å². The van der Waals surface area contributed by atoms with Crippen LogP contribution in [-0.2, 0) is 16.2 Å². The zero-order chi connectivity index (χ0) is 40.1. The first-order chi connectivity index (χ1) is 29.2. The lowest BCUT2D eigenvalue weighted by Crippen LogP contribution is -2.58. The normalized spacial score (nSPS) is 24.7. The minimum atomic E-state index is -0.131. The number of hydrogen-bond acceptors (Lipinski definition) is 2. The first-order valence-corrected chi connectivity index (χ1v) is 22.5. The standard InChI is InChI=1S/C58H51NO/c1-56(2)48-13-7-5-11-44(48)45-25-22-42(33-52(45)56)59(41-20-17-37(18-21-41)38-19-24-47-46-12-6-10-16-54(46)60-55(47)32-38)43-23-26-51-53(34-43)57(3,4)49-14-8-9-15-50(49)58(51)39-28-35-27-36(30-39)31-40(58)29-35/h5-26,32-36,39-40H,27-31H2,1-4H3. The maximum atomic E-state index is 6.32. The van der Waals surface area contributed by atoms with Crippen LogP contribution in [0.25, 0.3) is 44.2 Å². The predicted octanol–water partition coefficient (Wildman–Crippen LogP) is 15.4. The molecule has 1 spiro atoms. The Morgan fingerprint density at radius 1 is 0.417 bits per heavy atom. The molecule has 4 fully saturated rings. The molecule has 2 heteroatoms. The largest absolute Gasteiger partial charge is 0.456 e. The summed E-state index contributed by atoms with van der Waals surface area (Å²) in [5.41, 5.74) is 19.5. The maximum absolute atomic E-state index is 6.32. The third kappa shape index (κ3) is 4.60. The van der Waals surface area contributed by atoms with Crippen molar-refractivity contribution in [3.8, 4) is 22.3 Å². The molecular weight excluding hydrogens is 727 g/mol. The molecule has 4 saturated carbocycles. The monoisotopic (exact) mass is 777 g/mol. The van der Waals surface area contributed by atoms with Crippen LogP contribution >= 0.6 is 0 Å². The predicted molar refractivity (Wildman–Crippen MR) is 248 cm³/mol. The molecule has 2 nitrogen and oxygen atoms in total. The van der Waals surface area contributed by atoms with Gasteiger partial charge in [-0.2, -0.15) is 0 Å². The zero-order valence-corrected chi connectivity index (χ0v) is 35.1. The molecule has 0 amide bonds. The molecule has 1 heterocycles. The third-order valence-corrected chi connectivity index (χ3v) is 16.5. The number of fused-ring (bicyclic) bond motifs is 8. The van der Waals surface area contributed by atoms with Gasteiger partial charge in [0.15, 0.2) is 0 Å². The Labute approximate surface area is 353 Å². The number of benzene rings is 7. The van der Waals surface area contributed by atoms with E-state index in [0.29, 0.717) is 0 Å². The summed E-state index contributed by atoms with van der Waals surface area (Å²) >= 11 is 0. The highest BCUT2D eigenvalue weighted by molar-refractivity contribution is 6.06. The second kappa shape index (κ2) is 12.1. The van der Waals surface area contributed by atoms with Crippen LogP contribution in [0.4, 0.5) is 17.1 Å². The summed E-state index contributed by atoms with van der Waals surface area (Å²) in [6, 6.07) is 57.7. The average Bonchev–Trinajstić information content (AvgIpc) is 3.75. The molecule has 0 radical (unpaired) electrons. The minimum absolute atomic E-state index is 0.0971. The molecule has 6 aliphatic carbocycles. The lowest BCUT2D eigenvalue weighted by atomic mass is 9.39. The van der Waals surface area contributed by atoms with Crippen molar-refractivity contribution >= 4 is 39.0 Å². The van der Waals surface area contributed by atoms with Crippen molar-refractivity contribution in [2.45, 2.75) is 76.0 Å². The molecular formula is C58H51NO. The summed E-state index contributed by atoms with van der Waals surface area (Å²) in [6.45, 7) is 9.76. The summed E-state index contributed by atoms with van der Waals surface area (Å²) in [7, 11) is 0. The second-order valence-electron chi connectivity index (χ2n) is 20.2. The van der Waals surface area contributed by atoms with Crippen molar-refractivity contribution in [3.05, 3.63) is 185 Å². The summed E-state index contributed by atoms with van der Waals surface area (Å²) < 4.78 is 6.32. The van der Waals surface area contributed by atoms with E-state index in [1.54, 1.807) is 11.1 Å². The molecule has 0 saturated heterocycles. The Morgan fingerprint density at radius 2 is 0.967 bits per heavy atom. The van der Waals surface area contributed by atoms with E-state index in [9.17, 15) is 0 Å². The first kappa shape index (κ1) is 34.9. The molecule has 294 valence electrons. The Balaban J connectivity index is 0.980. The highest BCUT2D eigenvalue weighted by Gasteiger charge is 2.62. The Bertz CT molecular complexity index is 3040. The van der Waals surface area contributed by atoms with Gasteiger partial charge in [0.2, 0.25) is 0 Å². The van der Waals surface area contributed by atoms with Crippen molar-refractivity contribution in [3.63, 3.8) is 0 Å². The number of hydrogen-bond donors (Lipinski definition) is 0. The molecule has 4 bridgehead atoms. The Hall–Kier alpha value is -5.86. The van der Waals surface area contributed by atoms with E-state index >= 15 is 0 Å². The van der Waals surface area contributed by atoms with Crippen LogP contribution < -0.4 is 4.90 Å². The van der Waals surface area contributed by atoms with Gasteiger partial charge in [0, 0.05) is 44.1 Å². The smallest absolute Gasteiger partial charge is 0.136 e. The molecule has 7 aromatic carbocycles. The van der Waals surface area contributed by atoms with Gasteiger partial charge in [0.05, 0.1) is 0 Å². The molecule has 0 atom stereocenters. The number of para-hydroxylation sites is 1. The topological polar surface area (TPSA) is 16.4 Å². The van der Waals surface area contributed by atoms with Gasteiger partial charge in [-0.25, -0.2) is 0 Å². The van der Waals surface area contributed by atoms with Gasteiger partial charge in [0.1, 0.15) is 11.2 Å². The van der Waals surface area contributed by atoms with Crippen LogP contribution in [-0.4, -0.2) is 0 Å². The quantitative estimate of drug-likeness (QED) is 0.177. The van der Waals surface area contributed by atoms with E-state index in [4.69, 9.17) is 4.42 Å². The van der Waals surface area contributed by atoms with E-state index < -0.39 is 0 Å². The highest BCUT2D eigenvalue weighted by Crippen LogP contribution is 2.69. The van der Waals surface area contributed by atoms with Gasteiger partial charge >= 0.3 is 0 Å². The van der Waals surface area contributed by atoms with Crippen LogP contribution in [0.5, 0.6) is 0 Å². The SMILES string of the molecule is CC1(C)c2ccccc2-c2ccc(N(c3ccc(-c4ccc5c(c4)oc4ccccc45)cc3)c3ccc4c(c3)C(C)(C)c3ccccc3C43C4CC5CC(C4)CC3C5)cc21. The van der Waals surface area contributed by atoms with Crippen LogP contribution in [0.1, 0.15) is 93.2 Å². The van der Waals surface area contributed by atoms with E-state index in [-0.39, 0.29) is 16.2 Å². The van der Waals surface area contributed by atoms with Gasteiger partial charge < -0.3 is 9.32 Å². The van der Waals surface area contributed by atoms with E-state index in [2.05, 4.69) is 178 Å². The summed E-state index contributed by atoms with van der Waals surface area (Å²) in [5.74, 6) is 3.27. The van der Waals surface area contributed by atoms with E-state index in [0.717, 1.165) is 56.9 Å². The fourth-order valence-corrected chi connectivity index (χ4v) is 14.0. The van der Waals surface area contributed by atoms with Crippen LogP contribution in [0.15, 0.2) is 156 Å². The van der Waals surface area contributed by atoms with Crippen molar-refractivity contribution in [2.75, 3.05) is 4.90 Å². The third-order valence-electron chi connectivity index (χ3n) is 16.5. The van der Waals surface area contributed by atoms with Gasteiger partial charge in [0.25, 0.3) is 0 Å². The van der Waals surface area contributed by atoms with Crippen molar-refractivity contribution in [1.29, 1.82) is 0 Å². The number of anilines is 3. The average molecular weight is 778 g/mol. The van der Waals surface area contributed by atoms with Crippen LogP contribution in [0.2, 0.25) is 0 Å². The fraction of sp³-hybridized carbons (Fsp3) is 0.276.